The zero-order valence-electron chi connectivity index (χ0n) is 13.4. The molecule has 21 heavy (non-hydrogen) atoms. The average Bonchev–Trinajstić information content (AvgIpc) is 2.45. The molecule has 0 aliphatic carbocycles. The average molecular weight is 298 g/mol. The SMILES string of the molecule is CCCCC(CCC)NC(=O)N1CCC(CC(=O)O)CC1. The van der Waals surface area contributed by atoms with Crippen LogP contribution in [0.25, 0.3) is 0 Å². The molecule has 2 N–H and O–H groups in total. The summed E-state index contributed by atoms with van der Waals surface area (Å²) in [7, 11) is 0. The van der Waals surface area contributed by atoms with E-state index in [1.165, 1.54) is 0 Å². The zero-order valence-corrected chi connectivity index (χ0v) is 13.4. The lowest BCUT2D eigenvalue weighted by atomic mass is 9.94. The summed E-state index contributed by atoms with van der Waals surface area (Å²) in [5, 5.41) is 12.0. The first kappa shape index (κ1) is 17.8. The molecule has 0 saturated carbocycles. The van der Waals surface area contributed by atoms with Gasteiger partial charge < -0.3 is 15.3 Å². The fourth-order valence-electron chi connectivity index (χ4n) is 2.94. The number of likely N-dealkylation sites (tertiary alicyclic amines) is 1. The molecule has 1 aliphatic rings. The number of carboxylic acid groups (broad SMARTS) is 1. The highest BCUT2D eigenvalue weighted by Gasteiger charge is 2.25. The Hall–Kier alpha value is -1.26. The predicted molar refractivity (Wildman–Crippen MR) is 83.3 cm³/mol. The van der Waals surface area contributed by atoms with Gasteiger partial charge in [-0.05, 0) is 31.6 Å². The number of hydrogen-bond acceptors (Lipinski definition) is 2. The molecule has 0 aromatic heterocycles. The molecular weight excluding hydrogens is 268 g/mol. The largest absolute Gasteiger partial charge is 0.481 e. The van der Waals surface area contributed by atoms with Gasteiger partial charge in [0.05, 0.1) is 0 Å². The van der Waals surface area contributed by atoms with Crippen LogP contribution in [0.4, 0.5) is 4.79 Å². The van der Waals surface area contributed by atoms with Gasteiger partial charge in [-0.1, -0.05) is 33.1 Å². The van der Waals surface area contributed by atoms with Gasteiger partial charge >= 0.3 is 12.0 Å². The zero-order chi connectivity index (χ0) is 15.7. The van der Waals surface area contributed by atoms with Gasteiger partial charge in [-0.2, -0.15) is 0 Å². The summed E-state index contributed by atoms with van der Waals surface area (Å²) in [6, 6.07) is 0.303. The third-order valence-electron chi connectivity index (χ3n) is 4.24. The van der Waals surface area contributed by atoms with Crippen molar-refractivity contribution in [3.05, 3.63) is 0 Å². The summed E-state index contributed by atoms with van der Waals surface area (Å²) >= 11 is 0. The second kappa shape index (κ2) is 9.64. The molecule has 1 atom stereocenters. The highest BCUT2D eigenvalue weighted by Crippen LogP contribution is 2.20. The molecule has 0 aromatic rings. The highest BCUT2D eigenvalue weighted by atomic mass is 16.4. The number of hydrogen-bond donors (Lipinski definition) is 2. The van der Waals surface area contributed by atoms with E-state index in [2.05, 4.69) is 19.2 Å². The maximum atomic E-state index is 12.3. The van der Waals surface area contributed by atoms with Gasteiger partial charge in [-0.15, -0.1) is 0 Å². The van der Waals surface area contributed by atoms with Crippen molar-refractivity contribution in [2.45, 2.75) is 71.3 Å². The van der Waals surface area contributed by atoms with E-state index in [4.69, 9.17) is 5.11 Å². The Labute approximate surface area is 128 Å². The number of urea groups is 1. The predicted octanol–water partition coefficient (Wildman–Crippen LogP) is 3.24. The van der Waals surface area contributed by atoms with Crippen LogP contribution in [0.15, 0.2) is 0 Å². The fraction of sp³-hybridized carbons (Fsp3) is 0.875. The molecular formula is C16H30N2O3. The molecule has 1 fully saturated rings. The molecule has 1 heterocycles. The number of rotatable bonds is 8. The van der Waals surface area contributed by atoms with Crippen LogP contribution in [0.3, 0.4) is 0 Å². The summed E-state index contributed by atoms with van der Waals surface area (Å²) in [6.45, 7) is 5.66. The van der Waals surface area contributed by atoms with Crippen LogP contribution in [0.1, 0.15) is 65.2 Å². The molecule has 1 unspecified atom stereocenters. The number of carboxylic acids is 1. The Morgan fingerprint density at radius 2 is 1.86 bits per heavy atom. The monoisotopic (exact) mass is 298 g/mol. The lowest BCUT2D eigenvalue weighted by Crippen LogP contribution is -2.48. The smallest absolute Gasteiger partial charge is 0.317 e. The van der Waals surface area contributed by atoms with Gasteiger partial charge in [0.1, 0.15) is 0 Å². The number of nitrogens with one attached hydrogen (secondary N) is 1. The third kappa shape index (κ3) is 6.82. The van der Waals surface area contributed by atoms with Crippen LogP contribution >= 0.6 is 0 Å². The minimum absolute atomic E-state index is 0.0262. The Morgan fingerprint density at radius 1 is 1.19 bits per heavy atom. The molecule has 122 valence electrons. The number of piperidine rings is 1. The Morgan fingerprint density at radius 3 is 2.38 bits per heavy atom. The van der Waals surface area contributed by atoms with Crippen LogP contribution in [0.2, 0.25) is 0 Å². The van der Waals surface area contributed by atoms with Crippen molar-refractivity contribution < 1.29 is 14.7 Å². The molecule has 2 amide bonds. The maximum absolute atomic E-state index is 12.3. The van der Waals surface area contributed by atoms with E-state index in [0.717, 1.165) is 44.9 Å². The summed E-state index contributed by atoms with van der Waals surface area (Å²) in [5.41, 5.74) is 0. The number of unbranched alkanes of at least 4 members (excludes halogenated alkanes) is 1. The van der Waals surface area contributed by atoms with Gasteiger partial charge in [0.25, 0.3) is 0 Å². The Kier molecular flexibility index (Phi) is 8.16. The molecule has 0 aromatic carbocycles. The van der Waals surface area contributed by atoms with E-state index in [1.807, 2.05) is 4.90 Å². The van der Waals surface area contributed by atoms with E-state index >= 15 is 0 Å². The second-order valence-electron chi connectivity index (χ2n) is 6.11. The van der Waals surface area contributed by atoms with Crippen LogP contribution < -0.4 is 5.32 Å². The van der Waals surface area contributed by atoms with Gasteiger partial charge in [-0.3, -0.25) is 4.79 Å². The van der Waals surface area contributed by atoms with Crippen LogP contribution in [0.5, 0.6) is 0 Å². The number of nitrogens with zero attached hydrogens (tertiary/aromatic N) is 1. The van der Waals surface area contributed by atoms with Gasteiger partial charge in [0, 0.05) is 25.6 Å². The second-order valence-corrected chi connectivity index (χ2v) is 6.11. The lowest BCUT2D eigenvalue weighted by molar-refractivity contribution is -0.138. The van der Waals surface area contributed by atoms with E-state index in [-0.39, 0.29) is 24.4 Å². The van der Waals surface area contributed by atoms with E-state index in [1.54, 1.807) is 0 Å². The van der Waals surface area contributed by atoms with Crippen LogP contribution in [-0.4, -0.2) is 41.1 Å². The Balaban J connectivity index is 2.36. The number of carbonyl (C=O) groups excluding carboxylic acids is 1. The minimum atomic E-state index is -0.736. The first-order valence-electron chi connectivity index (χ1n) is 8.34. The standard InChI is InChI=1S/C16H30N2O3/c1-3-5-7-14(6-4-2)17-16(21)18-10-8-13(9-11-18)12-15(19)20/h13-14H,3-12H2,1-2H3,(H,17,21)(H,19,20). The third-order valence-corrected chi connectivity index (χ3v) is 4.24. The normalized spacial score (nSPS) is 17.5. The van der Waals surface area contributed by atoms with Crippen molar-refractivity contribution in [3.8, 4) is 0 Å². The van der Waals surface area contributed by atoms with E-state index < -0.39 is 5.97 Å². The maximum Gasteiger partial charge on any atom is 0.317 e. The van der Waals surface area contributed by atoms with E-state index in [9.17, 15) is 9.59 Å². The topological polar surface area (TPSA) is 69.6 Å². The molecule has 5 nitrogen and oxygen atoms in total. The number of aliphatic carboxylic acids is 1. The fourth-order valence-corrected chi connectivity index (χ4v) is 2.94. The molecule has 5 heteroatoms. The first-order valence-corrected chi connectivity index (χ1v) is 8.34. The van der Waals surface area contributed by atoms with Gasteiger partial charge in [0.15, 0.2) is 0 Å². The van der Waals surface area contributed by atoms with E-state index in [0.29, 0.717) is 13.1 Å². The lowest BCUT2D eigenvalue weighted by Gasteiger charge is -2.32. The van der Waals surface area contributed by atoms with Gasteiger partial charge in [0.2, 0.25) is 0 Å². The highest BCUT2D eigenvalue weighted by molar-refractivity contribution is 5.74. The Bertz CT molecular complexity index is 325. The quantitative estimate of drug-likeness (QED) is 0.722. The van der Waals surface area contributed by atoms with Crippen LogP contribution in [0, 0.1) is 5.92 Å². The minimum Gasteiger partial charge on any atom is -0.481 e. The number of carbonyl (C=O) groups is 2. The summed E-state index contributed by atoms with van der Waals surface area (Å²) in [6.07, 6.45) is 7.27. The van der Waals surface area contributed by atoms with Crippen molar-refractivity contribution in [1.82, 2.24) is 10.2 Å². The molecule has 1 saturated heterocycles. The van der Waals surface area contributed by atoms with Crippen molar-refractivity contribution in [3.63, 3.8) is 0 Å². The van der Waals surface area contributed by atoms with Crippen molar-refractivity contribution >= 4 is 12.0 Å². The molecule has 1 aliphatic heterocycles. The van der Waals surface area contributed by atoms with Crippen LogP contribution in [-0.2, 0) is 4.79 Å². The van der Waals surface area contributed by atoms with Crippen molar-refractivity contribution in [1.29, 1.82) is 0 Å². The summed E-state index contributed by atoms with van der Waals surface area (Å²) < 4.78 is 0. The summed E-state index contributed by atoms with van der Waals surface area (Å²) in [4.78, 5) is 24.8. The summed E-state index contributed by atoms with van der Waals surface area (Å²) in [5.74, 6) is -0.515. The molecule has 1 rings (SSSR count). The molecule has 0 bridgehead atoms. The van der Waals surface area contributed by atoms with Crippen molar-refractivity contribution in [2.24, 2.45) is 5.92 Å². The first-order chi connectivity index (χ1) is 10.1. The number of amides is 2. The van der Waals surface area contributed by atoms with Gasteiger partial charge in [-0.25, -0.2) is 4.79 Å². The molecule has 0 spiro atoms. The van der Waals surface area contributed by atoms with Crippen molar-refractivity contribution in [2.75, 3.05) is 13.1 Å². The molecule has 0 radical (unpaired) electrons.